The van der Waals surface area contributed by atoms with E-state index in [-0.39, 0.29) is 23.9 Å². The summed E-state index contributed by atoms with van der Waals surface area (Å²) in [6.45, 7) is 7.81. The van der Waals surface area contributed by atoms with Crippen LogP contribution in [0.1, 0.15) is 55.1 Å². The quantitative estimate of drug-likeness (QED) is 0.248. The molecule has 0 unspecified atom stereocenters. The van der Waals surface area contributed by atoms with Crippen molar-refractivity contribution in [1.82, 2.24) is 14.4 Å². The molecule has 0 radical (unpaired) electrons. The number of nitrogens with zero attached hydrogens (tertiary/aromatic N) is 3. The van der Waals surface area contributed by atoms with Gasteiger partial charge in [-0.2, -0.15) is 9.29 Å². The summed E-state index contributed by atoms with van der Waals surface area (Å²) in [6.07, 6.45) is 0.495. The summed E-state index contributed by atoms with van der Waals surface area (Å²) in [5.74, 6) is 1.51. The standard InChI is InChI=1S/C30H34N4O5S/c1-5-38-27-16-15-26(17-22(27)4)40(36,37)34(19-24-9-7-6-8-10-24)20-29(35)31-25-13-11-23(12-14-25)18-28-32-30(21(2)3)39-33-28/h6-17,21H,5,18-20H2,1-4H3,(H,31,35). The molecular weight excluding hydrogens is 528 g/mol. The van der Waals surface area contributed by atoms with Gasteiger partial charge >= 0.3 is 0 Å². The molecule has 1 aromatic heterocycles. The molecule has 4 rings (SSSR count). The Morgan fingerprint density at radius 3 is 2.38 bits per heavy atom. The Kier molecular flexibility index (Phi) is 9.34. The van der Waals surface area contributed by atoms with E-state index in [0.717, 1.165) is 11.1 Å². The number of benzene rings is 3. The molecule has 0 atom stereocenters. The molecular formula is C30H34N4O5S. The van der Waals surface area contributed by atoms with Crippen molar-refractivity contribution in [3.8, 4) is 5.75 Å². The van der Waals surface area contributed by atoms with Crippen LogP contribution in [0.4, 0.5) is 5.69 Å². The minimum atomic E-state index is -3.99. The van der Waals surface area contributed by atoms with Crippen LogP contribution in [0.15, 0.2) is 82.2 Å². The van der Waals surface area contributed by atoms with Gasteiger partial charge in [-0.05, 0) is 60.9 Å². The molecule has 0 saturated carbocycles. The molecule has 0 bridgehead atoms. The molecule has 0 aliphatic heterocycles. The van der Waals surface area contributed by atoms with Crippen LogP contribution in [-0.2, 0) is 27.8 Å². The van der Waals surface area contributed by atoms with Gasteiger partial charge in [0.1, 0.15) is 5.75 Å². The summed E-state index contributed by atoms with van der Waals surface area (Å²) in [7, 11) is -3.99. The number of aryl methyl sites for hydroxylation is 1. The van der Waals surface area contributed by atoms with Gasteiger partial charge in [0.15, 0.2) is 5.82 Å². The molecule has 0 spiro atoms. The lowest BCUT2D eigenvalue weighted by Gasteiger charge is -2.22. The molecule has 0 aliphatic carbocycles. The molecule has 40 heavy (non-hydrogen) atoms. The van der Waals surface area contributed by atoms with E-state index >= 15 is 0 Å². The number of hydrogen-bond donors (Lipinski definition) is 1. The van der Waals surface area contributed by atoms with Gasteiger partial charge in [-0.3, -0.25) is 4.79 Å². The topological polar surface area (TPSA) is 115 Å². The normalized spacial score (nSPS) is 11.7. The van der Waals surface area contributed by atoms with Crippen LogP contribution in [0, 0.1) is 6.92 Å². The second-order valence-electron chi connectivity index (χ2n) is 9.74. The average molecular weight is 563 g/mol. The SMILES string of the molecule is CCOc1ccc(S(=O)(=O)N(CC(=O)Nc2ccc(Cc3noc(C(C)C)n3)cc2)Cc2ccccc2)cc1C. The molecule has 1 N–H and O–H groups in total. The zero-order chi connectivity index (χ0) is 28.7. The highest BCUT2D eigenvalue weighted by molar-refractivity contribution is 7.89. The van der Waals surface area contributed by atoms with E-state index in [4.69, 9.17) is 9.26 Å². The van der Waals surface area contributed by atoms with E-state index in [1.165, 1.54) is 10.4 Å². The summed E-state index contributed by atoms with van der Waals surface area (Å²) in [5.41, 5.74) is 2.98. The molecule has 9 nitrogen and oxygen atoms in total. The van der Waals surface area contributed by atoms with E-state index in [1.807, 2.05) is 63.2 Å². The van der Waals surface area contributed by atoms with Crippen molar-refractivity contribution in [3.05, 3.63) is 101 Å². The number of carbonyl (C=O) groups is 1. The second kappa shape index (κ2) is 12.9. The van der Waals surface area contributed by atoms with Gasteiger partial charge in [-0.25, -0.2) is 8.42 Å². The summed E-state index contributed by atoms with van der Waals surface area (Å²) in [5, 5.41) is 6.83. The molecule has 0 saturated heterocycles. The molecule has 1 amide bonds. The predicted octanol–water partition coefficient (Wildman–Crippen LogP) is 5.32. The fourth-order valence-electron chi connectivity index (χ4n) is 4.08. The summed E-state index contributed by atoms with van der Waals surface area (Å²) >= 11 is 0. The van der Waals surface area contributed by atoms with Crippen molar-refractivity contribution >= 4 is 21.6 Å². The molecule has 10 heteroatoms. The van der Waals surface area contributed by atoms with Gasteiger partial charge < -0.3 is 14.6 Å². The average Bonchev–Trinajstić information content (AvgIpc) is 3.40. The van der Waals surface area contributed by atoms with Gasteiger partial charge in [0.05, 0.1) is 18.0 Å². The number of carbonyl (C=O) groups excluding carboxylic acids is 1. The highest BCUT2D eigenvalue weighted by Gasteiger charge is 2.27. The number of aromatic nitrogens is 2. The number of amides is 1. The van der Waals surface area contributed by atoms with E-state index < -0.39 is 15.9 Å². The number of nitrogens with one attached hydrogen (secondary N) is 1. The van der Waals surface area contributed by atoms with Crippen LogP contribution in [0.2, 0.25) is 0 Å². The van der Waals surface area contributed by atoms with Gasteiger partial charge in [0.25, 0.3) is 0 Å². The van der Waals surface area contributed by atoms with Crippen LogP contribution in [0.5, 0.6) is 5.75 Å². The van der Waals surface area contributed by atoms with Crippen LogP contribution < -0.4 is 10.1 Å². The Morgan fingerprint density at radius 1 is 1.02 bits per heavy atom. The Bertz CT molecular complexity index is 1530. The first-order chi connectivity index (χ1) is 19.2. The minimum Gasteiger partial charge on any atom is -0.494 e. The first kappa shape index (κ1) is 29.0. The van der Waals surface area contributed by atoms with Crippen molar-refractivity contribution in [2.45, 2.75) is 51.5 Å². The zero-order valence-corrected chi connectivity index (χ0v) is 23.9. The van der Waals surface area contributed by atoms with Gasteiger partial charge in [0, 0.05) is 24.6 Å². The predicted molar refractivity (Wildman–Crippen MR) is 153 cm³/mol. The molecule has 4 aromatic rings. The molecule has 1 heterocycles. The van der Waals surface area contributed by atoms with Gasteiger partial charge in [-0.15, -0.1) is 0 Å². The second-order valence-corrected chi connectivity index (χ2v) is 11.7. The van der Waals surface area contributed by atoms with Gasteiger partial charge in [-0.1, -0.05) is 61.5 Å². The monoisotopic (exact) mass is 562 g/mol. The largest absolute Gasteiger partial charge is 0.494 e. The van der Waals surface area contributed by atoms with Crippen molar-refractivity contribution in [1.29, 1.82) is 0 Å². The van der Waals surface area contributed by atoms with E-state index in [9.17, 15) is 13.2 Å². The van der Waals surface area contributed by atoms with E-state index in [0.29, 0.717) is 41.7 Å². The molecule has 3 aromatic carbocycles. The molecule has 0 fully saturated rings. The Labute approximate surface area is 235 Å². The Balaban J connectivity index is 1.48. The van der Waals surface area contributed by atoms with Crippen molar-refractivity contribution in [3.63, 3.8) is 0 Å². The lowest BCUT2D eigenvalue weighted by molar-refractivity contribution is -0.116. The zero-order valence-electron chi connectivity index (χ0n) is 23.1. The van der Waals surface area contributed by atoms with Crippen LogP contribution in [-0.4, -0.2) is 41.9 Å². The smallest absolute Gasteiger partial charge is 0.243 e. The van der Waals surface area contributed by atoms with E-state index in [2.05, 4.69) is 15.5 Å². The van der Waals surface area contributed by atoms with Crippen LogP contribution >= 0.6 is 0 Å². The Hall–Kier alpha value is -4.02. The van der Waals surface area contributed by atoms with Gasteiger partial charge in [0.2, 0.25) is 21.8 Å². The third kappa shape index (κ3) is 7.34. The first-order valence-electron chi connectivity index (χ1n) is 13.1. The van der Waals surface area contributed by atoms with Crippen molar-refractivity contribution < 1.29 is 22.5 Å². The highest BCUT2D eigenvalue weighted by Crippen LogP contribution is 2.25. The third-order valence-corrected chi connectivity index (χ3v) is 7.97. The molecule has 0 aliphatic rings. The van der Waals surface area contributed by atoms with Crippen molar-refractivity contribution in [2.75, 3.05) is 18.5 Å². The minimum absolute atomic E-state index is 0.0465. The summed E-state index contributed by atoms with van der Waals surface area (Å²) in [4.78, 5) is 17.6. The van der Waals surface area contributed by atoms with Crippen LogP contribution in [0.25, 0.3) is 0 Å². The van der Waals surface area contributed by atoms with E-state index in [1.54, 1.807) is 31.2 Å². The number of anilines is 1. The van der Waals surface area contributed by atoms with Crippen molar-refractivity contribution in [2.24, 2.45) is 0 Å². The summed E-state index contributed by atoms with van der Waals surface area (Å²) < 4.78 is 39.4. The van der Waals surface area contributed by atoms with Crippen LogP contribution in [0.3, 0.4) is 0 Å². The Morgan fingerprint density at radius 2 is 1.75 bits per heavy atom. The number of rotatable bonds is 12. The molecule has 210 valence electrons. The highest BCUT2D eigenvalue weighted by atomic mass is 32.2. The first-order valence-corrected chi connectivity index (χ1v) is 14.6. The maximum absolute atomic E-state index is 13.7. The third-order valence-electron chi connectivity index (χ3n) is 6.18. The lowest BCUT2D eigenvalue weighted by atomic mass is 10.1. The maximum Gasteiger partial charge on any atom is 0.243 e. The number of hydrogen-bond acceptors (Lipinski definition) is 7. The number of ether oxygens (including phenoxy) is 1. The lowest BCUT2D eigenvalue weighted by Crippen LogP contribution is -2.37. The maximum atomic E-state index is 13.7. The fraction of sp³-hybridized carbons (Fsp3) is 0.300. The summed E-state index contributed by atoms with van der Waals surface area (Å²) in [6, 6.07) is 21.2. The number of sulfonamides is 1. The fourth-order valence-corrected chi connectivity index (χ4v) is 5.55.